The summed E-state index contributed by atoms with van der Waals surface area (Å²) in [4.78, 5) is 23.5. The largest absolute Gasteiger partial charge is 0.357 e. The van der Waals surface area contributed by atoms with Gasteiger partial charge in [-0.3, -0.25) is 4.79 Å². The van der Waals surface area contributed by atoms with Crippen LogP contribution in [0.15, 0.2) is 47.1 Å². The lowest BCUT2D eigenvalue weighted by Crippen LogP contribution is -2.40. The highest BCUT2D eigenvalue weighted by atomic mass is 16.5. The quantitative estimate of drug-likeness (QED) is 0.719. The van der Waals surface area contributed by atoms with Gasteiger partial charge in [0.25, 0.3) is 5.89 Å². The lowest BCUT2D eigenvalue weighted by molar-refractivity contribution is -0.125. The molecular formula is C22H25N5O2. The number of rotatable bonds is 5. The molecule has 0 bridgehead atoms. The Labute approximate surface area is 170 Å². The first-order valence-electron chi connectivity index (χ1n) is 9.93. The summed E-state index contributed by atoms with van der Waals surface area (Å²) in [5.74, 6) is 2.15. The van der Waals surface area contributed by atoms with Gasteiger partial charge in [-0.25, -0.2) is 4.98 Å². The first kappa shape index (κ1) is 19.1. The number of pyridine rings is 1. The van der Waals surface area contributed by atoms with Crippen LogP contribution in [0.2, 0.25) is 0 Å². The molecule has 1 amide bonds. The number of aromatic nitrogens is 3. The van der Waals surface area contributed by atoms with Gasteiger partial charge in [-0.1, -0.05) is 35.0 Å². The Morgan fingerprint density at radius 2 is 1.93 bits per heavy atom. The zero-order valence-corrected chi connectivity index (χ0v) is 16.8. The van der Waals surface area contributed by atoms with Gasteiger partial charge in [0.2, 0.25) is 5.91 Å². The summed E-state index contributed by atoms with van der Waals surface area (Å²) in [6.45, 7) is 6.02. The van der Waals surface area contributed by atoms with E-state index < -0.39 is 0 Å². The SMILES string of the molecule is Cc1ccc(CNC(=O)C2CCN(c3cc(-c4nc(C)no4)ccn3)CC2)cc1. The number of nitrogens with one attached hydrogen (secondary N) is 1. The van der Waals surface area contributed by atoms with Crippen LogP contribution in [0, 0.1) is 19.8 Å². The zero-order chi connectivity index (χ0) is 20.2. The summed E-state index contributed by atoms with van der Waals surface area (Å²) < 4.78 is 5.25. The summed E-state index contributed by atoms with van der Waals surface area (Å²) in [6.07, 6.45) is 3.38. The maximum atomic E-state index is 12.6. The van der Waals surface area contributed by atoms with Crippen molar-refractivity contribution in [2.45, 2.75) is 33.2 Å². The predicted octanol–water partition coefficient (Wildman–Crippen LogP) is 3.28. The van der Waals surface area contributed by atoms with Gasteiger partial charge >= 0.3 is 0 Å². The number of hydrogen-bond donors (Lipinski definition) is 1. The first-order chi connectivity index (χ1) is 14.1. The maximum Gasteiger partial charge on any atom is 0.258 e. The summed E-state index contributed by atoms with van der Waals surface area (Å²) in [5.41, 5.74) is 3.20. The van der Waals surface area contributed by atoms with Crippen LogP contribution < -0.4 is 10.2 Å². The van der Waals surface area contributed by atoms with Crippen LogP contribution in [0.4, 0.5) is 5.82 Å². The summed E-state index contributed by atoms with van der Waals surface area (Å²) in [7, 11) is 0. The highest BCUT2D eigenvalue weighted by Gasteiger charge is 2.25. The van der Waals surface area contributed by atoms with E-state index in [1.54, 1.807) is 13.1 Å². The van der Waals surface area contributed by atoms with Crippen LogP contribution in [0.5, 0.6) is 0 Å². The number of hydrogen-bond acceptors (Lipinski definition) is 6. The Morgan fingerprint density at radius 3 is 2.62 bits per heavy atom. The number of amides is 1. The molecule has 1 fully saturated rings. The molecule has 1 aliphatic rings. The second-order valence-electron chi connectivity index (χ2n) is 7.51. The van der Waals surface area contributed by atoms with Crippen molar-refractivity contribution in [3.8, 4) is 11.5 Å². The molecular weight excluding hydrogens is 366 g/mol. The molecule has 0 saturated carbocycles. The van der Waals surface area contributed by atoms with Crippen LogP contribution in [-0.4, -0.2) is 34.1 Å². The fourth-order valence-corrected chi connectivity index (χ4v) is 3.55. The van der Waals surface area contributed by atoms with Gasteiger partial charge in [0.05, 0.1) is 0 Å². The lowest BCUT2D eigenvalue weighted by Gasteiger charge is -2.32. The molecule has 3 heterocycles. The molecule has 0 aliphatic carbocycles. The van der Waals surface area contributed by atoms with E-state index in [1.807, 2.05) is 12.1 Å². The van der Waals surface area contributed by atoms with Crippen LogP contribution in [0.25, 0.3) is 11.5 Å². The average molecular weight is 391 g/mol. The Hall–Kier alpha value is -3.22. The lowest BCUT2D eigenvalue weighted by atomic mass is 9.95. The fraction of sp³-hybridized carbons (Fsp3) is 0.364. The molecule has 7 nitrogen and oxygen atoms in total. The van der Waals surface area contributed by atoms with Crippen molar-refractivity contribution >= 4 is 11.7 Å². The summed E-state index contributed by atoms with van der Waals surface area (Å²) in [6, 6.07) is 12.1. The van der Waals surface area contributed by atoms with Gasteiger partial charge in [0, 0.05) is 37.3 Å². The van der Waals surface area contributed by atoms with Gasteiger partial charge < -0.3 is 14.7 Å². The van der Waals surface area contributed by atoms with Crippen LogP contribution >= 0.6 is 0 Å². The van der Waals surface area contributed by atoms with Gasteiger partial charge in [0.1, 0.15) is 5.82 Å². The molecule has 1 N–H and O–H groups in total. The fourth-order valence-electron chi connectivity index (χ4n) is 3.55. The molecule has 4 rings (SSSR count). The maximum absolute atomic E-state index is 12.6. The van der Waals surface area contributed by atoms with E-state index >= 15 is 0 Å². The van der Waals surface area contributed by atoms with E-state index in [2.05, 4.69) is 56.5 Å². The minimum absolute atomic E-state index is 0.0403. The Balaban J connectivity index is 1.32. The molecule has 0 unspecified atom stereocenters. The minimum atomic E-state index is 0.0403. The van der Waals surface area contributed by atoms with E-state index in [-0.39, 0.29) is 11.8 Å². The number of anilines is 1. The standard InChI is InChI=1S/C22H25N5O2/c1-15-3-5-17(6-4-15)14-24-21(28)18-8-11-27(12-9-18)20-13-19(7-10-23-20)22-25-16(2)26-29-22/h3-7,10,13,18H,8-9,11-12,14H2,1-2H3,(H,24,28). The molecule has 2 aromatic heterocycles. The van der Waals surface area contributed by atoms with Crippen molar-refractivity contribution in [2.24, 2.45) is 5.92 Å². The number of benzene rings is 1. The molecule has 3 aromatic rings. The van der Waals surface area contributed by atoms with Crippen molar-refractivity contribution in [2.75, 3.05) is 18.0 Å². The van der Waals surface area contributed by atoms with Gasteiger partial charge in [0.15, 0.2) is 5.82 Å². The van der Waals surface area contributed by atoms with E-state index in [9.17, 15) is 4.79 Å². The Kier molecular flexibility index (Phi) is 5.55. The highest BCUT2D eigenvalue weighted by Crippen LogP contribution is 2.25. The molecule has 1 saturated heterocycles. The highest BCUT2D eigenvalue weighted by molar-refractivity contribution is 5.79. The van der Waals surface area contributed by atoms with Crippen LogP contribution in [-0.2, 0) is 11.3 Å². The van der Waals surface area contributed by atoms with Gasteiger partial charge in [-0.15, -0.1) is 0 Å². The molecule has 0 radical (unpaired) electrons. The molecule has 7 heteroatoms. The number of carbonyl (C=O) groups is 1. The first-order valence-corrected chi connectivity index (χ1v) is 9.93. The van der Waals surface area contributed by atoms with E-state index in [4.69, 9.17) is 4.52 Å². The Morgan fingerprint density at radius 1 is 1.17 bits per heavy atom. The third kappa shape index (κ3) is 4.62. The third-order valence-electron chi connectivity index (χ3n) is 5.30. The number of aryl methyl sites for hydroxylation is 2. The zero-order valence-electron chi connectivity index (χ0n) is 16.8. The van der Waals surface area contributed by atoms with Crippen molar-refractivity contribution in [3.05, 3.63) is 59.5 Å². The second kappa shape index (κ2) is 8.43. The van der Waals surface area contributed by atoms with Crippen LogP contribution in [0.3, 0.4) is 0 Å². The van der Waals surface area contributed by atoms with Gasteiger partial charge in [-0.2, -0.15) is 4.98 Å². The third-order valence-corrected chi connectivity index (χ3v) is 5.30. The molecule has 150 valence electrons. The number of piperidine rings is 1. The second-order valence-corrected chi connectivity index (χ2v) is 7.51. The smallest absolute Gasteiger partial charge is 0.258 e. The van der Waals surface area contributed by atoms with Crippen molar-refractivity contribution in [1.29, 1.82) is 0 Å². The van der Waals surface area contributed by atoms with E-state index in [0.717, 1.165) is 42.9 Å². The Bertz CT molecular complexity index is 975. The topological polar surface area (TPSA) is 84.2 Å². The van der Waals surface area contributed by atoms with Crippen molar-refractivity contribution in [1.82, 2.24) is 20.4 Å². The molecule has 0 atom stereocenters. The monoisotopic (exact) mass is 391 g/mol. The average Bonchev–Trinajstić information content (AvgIpc) is 3.20. The van der Waals surface area contributed by atoms with E-state index in [0.29, 0.717) is 18.3 Å². The van der Waals surface area contributed by atoms with Crippen LogP contribution in [0.1, 0.15) is 29.8 Å². The number of nitrogens with zero attached hydrogens (tertiary/aromatic N) is 4. The molecule has 29 heavy (non-hydrogen) atoms. The van der Waals surface area contributed by atoms with E-state index in [1.165, 1.54) is 5.56 Å². The van der Waals surface area contributed by atoms with Gasteiger partial charge in [-0.05, 0) is 44.4 Å². The summed E-state index contributed by atoms with van der Waals surface area (Å²) >= 11 is 0. The molecule has 1 aromatic carbocycles. The summed E-state index contributed by atoms with van der Waals surface area (Å²) in [5, 5.41) is 6.92. The molecule has 0 spiro atoms. The normalized spacial score (nSPS) is 14.8. The molecule has 1 aliphatic heterocycles. The van der Waals surface area contributed by atoms with Crippen molar-refractivity contribution in [3.63, 3.8) is 0 Å². The van der Waals surface area contributed by atoms with Crippen molar-refractivity contribution < 1.29 is 9.32 Å². The minimum Gasteiger partial charge on any atom is -0.357 e. The number of carbonyl (C=O) groups excluding carboxylic acids is 1. The predicted molar refractivity (Wildman–Crippen MR) is 110 cm³/mol.